The minimum Gasteiger partial charge on any atom is -0.309 e. The minimum atomic E-state index is 1.14. The molecule has 0 atom stereocenters. The molecule has 7 aromatic carbocycles. The molecule has 0 unspecified atom stereocenters. The van der Waals surface area contributed by atoms with E-state index in [0.29, 0.717) is 0 Å². The van der Waals surface area contributed by atoms with Gasteiger partial charge in [-0.25, -0.2) is 0 Å². The van der Waals surface area contributed by atoms with Crippen molar-refractivity contribution >= 4 is 65.2 Å². The van der Waals surface area contributed by atoms with Crippen molar-refractivity contribution < 1.29 is 0 Å². The number of benzene rings is 7. The highest BCUT2D eigenvalue weighted by atomic mass is 15.0. The van der Waals surface area contributed by atoms with Gasteiger partial charge in [-0.3, -0.25) is 4.98 Å². The summed E-state index contributed by atoms with van der Waals surface area (Å²) in [4.78, 5) is 4.53. The third-order valence-electron chi connectivity index (χ3n) is 9.56. The zero-order chi connectivity index (χ0) is 30.2. The fraction of sp³-hybridized carbons (Fsp3) is 0. The van der Waals surface area contributed by atoms with E-state index in [0.717, 1.165) is 22.2 Å². The van der Waals surface area contributed by atoms with Gasteiger partial charge in [0.1, 0.15) is 0 Å². The number of hydrogen-bond acceptors (Lipinski definition) is 1. The topological polar surface area (TPSA) is 22.8 Å². The van der Waals surface area contributed by atoms with Gasteiger partial charge in [0.2, 0.25) is 0 Å². The number of rotatable bonds is 3. The fourth-order valence-electron chi connectivity index (χ4n) is 7.51. The summed E-state index contributed by atoms with van der Waals surface area (Å²) in [5.41, 5.74) is 9.47. The van der Waals surface area contributed by atoms with Crippen LogP contribution in [-0.2, 0) is 0 Å². The molecule has 3 heterocycles. The number of para-hydroxylation sites is 3. The zero-order valence-electron chi connectivity index (χ0n) is 24.9. The van der Waals surface area contributed by atoms with Crippen LogP contribution in [0.2, 0.25) is 0 Å². The van der Waals surface area contributed by atoms with Crippen LogP contribution in [0.4, 0.5) is 0 Å². The zero-order valence-corrected chi connectivity index (χ0v) is 24.9. The first-order valence-corrected chi connectivity index (χ1v) is 15.7. The Kier molecular flexibility index (Phi) is 5.28. The molecule has 0 fully saturated rings. The van der Waals surface area contributed by atoms with Gasteiger partial charge in [-0.2, -0.15) is 0 Å². The van der Waals surface area contributed by atoms with E-state index in [9.17, 15) is 0 Å². The van der Waals surface area contributed by atoms with Crippen molar-refractivity contribution in [1.82, 2.24) is 14.1 Å². The number of aromatic nitrogens is 3. The van der Waals surface area contributed by atoms with E-state index in [-0.39, 0.29) is 0 Å². The van der Waals surface area contributed by atoms with Gasteiger partial charge >= 0.3 is 0 Å². The Morgan fingerprint density at radius 1 is 0.370 bits per heavy atom. The SMILES string of the molecule is c1ccc(-n2c3ccccc3c3ccc4cc5c6ccccc6n(-c6ccc(-c7cncc8ccccc78)cc6)c5cc4c32)cc1. The van der Waals surface area contributed by atoms with E-state index in [4.69, 9.17) is 0 Å². The number of hydrogen-bond donors (Lipinski definition) is 0. The molecule has 0 saturated carbocycles. The molecular weight excluding hydrogens is 558 g/mol. The predicted molar refractivity (Wildman–Crippen MR) is 193 cm³/mol. The van der Waals surface area contributed by atoms with Crippen LogP contribution in [0, 0.1) is 0 Å². The molecule has 0 aliphatic carbocycles. The summed E-state index contributed by atoms with van der Waals surface area (Å²) in [6, 6.07) is 55.0. The largest absolute Gasteiger partial charge is 0.309 e. The lowest BCUT2D eigenvalue weighted by atomic mass is 10.0. The van der Waals surface area contributed by atoms with Gasteiger partial charge in [-0.1, -0.05) is 103 Å². The third-order valence-corrected chi connectivity index (χ3v) is 9.56. The quantitative estimate of drug-likeness (QED) is 0.202. The second kappa shape index (κ2) is 9.65. The molecule has 10 aromatic rings. The number of pyridine rings is 1. The Hall–Kier alpha value is -6.19. The second-order valence-electron chi connectivity index (χ2n) is 12.0. The van der Waals surface area contributed by atoms with Gasteiger partial charge in [0.15, 0.2) is 0 Å². The molecule has 214 valence electrons. The van der Waals surface area contributed by atoms with Crippen LogP contribution in [0.15, 0.2) is 164 Å². The molecule has 3 nitrogen and oxygen atoms in total. The van der Waals surface area contributed by atoms with Crippen molar-refractivity contribution in [2.24, 2.45) is 0 Å². The molecule has 10 rings (SSSR count). The number of fused-ring (bicyclic) bond motifs is 9. The van der Waals surface area contributed by atoms with E-state index >= 15 is 0 Å². The van der Waals surface area contributed by atoms with E-state index in [1.54, 1.807) is 0 Å². The Bertz CT molecular complexity index is 2780. The normalized spacial score (nSPS) is 11.9. The third kappa shape index (κ3) is 3.57. The maximum atomic E-state index is 4.53. The summed E-state index contributed by atoms with van der Waals surface area (Å²) >= 11 is 0. The Balaban J connectivity index is 1.26. The van der Waals surface area contributed by atoms with Crippen LogP contribution in [-0.4, -0.2) is 14.1 Å². The van der Waals surface area contributed by atoms with Crippen LogP contribution < -0.4 is 0 Å². The lowest BCUT2D eigenvalue weighted by molar-refractivity contribution is 1.18. The maximum Gasteiger partial charge on any atom is 0.0620 e. The molecule has 0 aliphatic rings. The summed E-state index contributed by atoms with van der Waals surface area (Å²) in [5.74, 6) is 0. The van der Waals surface area contributed by atoms with E-state index < -0.39 is 0 Å². The van der Waals surface area contributed by atoms with E-state index in [1.165, 1.54) is 65.5 Å². The van der Waals surface area contributed by atoms with Crippen molar-refractivity contribution in [2.75, 3.05) is 0 Å². The van der Waals surface area contributed by atoms with Gasteiger partial charge in [0.25, 0.3) is 0 Å². The Morgan fingerprint density at radius 3 is 1.83 bits per heavy atom. The van der Waals surface area contributed by atoms with Crippen molar-refractivity contribution in [1.29, 1.82) is 0 Å². The predicted octanol–water partition coefficient (Wildman–Crippen LogP) is 11.2. The van der Waals surface area contributed by atoms with Crippen molar-refractivity contribution in [2.45, 2.75) is 0 Å². The summed E-state index contributed by atoms with van der Waals surface area (Å²) in [6.45, 7) is 0. The average Bonchev–Trinajstić information content (AvgIpc) is 3.64. The second-order valence-corrected chi connectivity index (χ2v) is 12.0. The molecule has 46 heavy (non-hydrogen) atoms. The summed E-state index contributed by atoms with van der Waals surface area (Å²) in [5, 5.41) is 9.89. The average molecular weight is 586 g/mol. The highest BCUT2D eigenvalue weighted by molar-refractivity contribution is 6.22. The fourth-order valence-corrected chi connectivity index (χ4v) is 7.51. The summed E-state index contributed by atoms with van der Waals surface area (Å²) in [6.07, 6.45) is 3.91. The van der Waals surface area contributed by atoms with Crippen LogP contribution in [0.5, 0.6) is 0 Å². The van der Waals surface area contributed by atoms with Crippen LogP contribution in [0.25, 0.3) is 87.7 Å². The highest BCUT2D eigenvalue weighted by Gasteiger charge is 2.18. The lowest BCUT2D eigenvalue weighted by Crippen LogP contribution is -1.95. The van der Waals surface area contributed by atoms with Crippen LogP contribution >= 0.6 is 0 Å². The van der Waals surface area contributed by atoms with E-state index in [1.807, 2.05) is 12.4 Å². The maximum absolute atomic E-state index is 4.53. The van der Waals surface area contributed by atoms with Gasteiger partial charge in [0, 0.05) is 61.6 Å². The first kappa shape index (κ1) is 25.2. The molecule has 0 aliphatic heterocycles. The Labute approximate surface area is 265 Å². The molecule has 0 radical (unpaired) electrons. The molecule has 0 amide bonds. The van der Waals surface area contributed by atoms with Gasteiger partial charge in [-0.15, -0.1) is 0 Å². The number of nitrogens with zero attached hydrogens (tertiary/aromatic N) is 3. The molecule has 3 aromatic heterocycles. The first-order chi connectivity index (χ1) is 22.8. The molecule has 0 saturated heterocycles. The van der Waals surface area contributed by atoms with Crippen molar-refractivity contribution in [3.8, 4) is 22.5 Å². The van der Waals surface area contributed by atoms with Gasteiger partial charge in [-0.05, 0) is 64.9 Å². The first-order valence-electron chi connectivity index (χ1n) is 15.7. The van der Waals surface area contributed by atoms with Crippen molar-refractivity contribution in [3.05, 3.63) is 164 Å². The van der Waals surface area contributed by atoms with Crippen LogP contribution in [0.1, 0.15) is 0 Å². The molecule has 0 spiro atoms. The lowest BCUT2D eigenvalue weighted by Gasteiger charge is -2.12. The van der Waals surface area contributed by atoms with Crippen LogP contribution in [0.3, 0.4) is 0 Å². The molecule has 0 bridgehead atoms. The molecule has 3 heteroatoms. The Morgan fingerprint density at radius 2 is 1.02 bits per heavy atom. The van der Waals surface area contributed by atoms with Gasteiger partial charge in [0.05, 0.1) is 22.1 Å². The standard InChI is InChI=1S/C43H27N3/c1-2-11-31(12-3-1)46-41-17-9-6-14-34(41)36-23-20-29-24-38-35-15-7-8-16-40(35)45(42(38)25-37(29)43(36)46)32-21-18-28(19-22-32)39-27-44-26-30-10-4-5-13-33(30)39/h1-27H. The smallest absolute Gasteiger partial charge is 0.0620 e. The van der Waals surface area contributed by atoms with E-state index in [2.05, 4.69) is 166 Å². The molecular formula is C43H27N3. The highest BCUT2D eigenvalue weighted by Crippen LogP contribution is 2.41. The minimum absolute atomic E-state index is 1.14. The summed E-state index contributed by atoms with van der Waals surface area (Å²) in [7, 11) is 0. The monoisotopic (exact) mass is 585 g/mol. The van der Waals surface area contributed by atoms with Gasteiger partial charge < -0.3 is 9.13 Å². The van der Waals surface area contributed by atoms with Crippen molar-refractivity contribution in [3.63, 3.8) is 0 Å². The molecule has 0 N–H and O–H groups in total. The summed E-state index contributed by atoms with van der Waals surface area (Å²) < 4.78 is 4.85.